The number of likely N-dealkylation sites (N-methyl/N-ethyl adjacent to an activating group) is 1. The molecular weight excluding hydrogens is 202 g/mol. The standard InChI is InChI=1S/C13H25NO2/c1-2-14-12-7-8-15-10-13(12)16-9-6-11-4-3-5-11/h11-14H,2-10H2,1H3. The van der Waals surface area contributed by atoms with Gasteiger partial charge in [0.2, 0.25) is 0 Å². The molecule has 3 heteroatoms. The van der Waals surface area contributed by atoms with Gasteiger partial charge in [0, 0.05) is 19.3 Å². The maximum atomic E-state index is 5.97. The third kappa shape index (κ3) is 3.44. The van der Waals surface area contributed by atoms with Crippen LogP contribution in [-0.4, -0.2) is 38.5 Å². The van der Waals surface area contributed by atoms with Crippen molar-refractivity contribution in [1.29, 1.82) is 0 Å². The second-order valence-electron chi connectivity index (χ2n) is 5.02. The summed E-state index contributed by atoms with van der Waals surface area (Å²) in [5, 5.41) is 3.50. The molecule has 0 amide bonds. The van der Waals surface area contributed by atoms with Crippen molar-refractivity contribution in [2.45, 2.75) is 51.2 Å². The largest absolute Gasteiger partial charge is 0.379 e. The Hall–Kier alpha value is -0.120. The molecule has 2 atom stereocenters. The van der Waals surface area contributed by atoms with E-state index in [1.54, 1.807) is 0 Å². The number of hydrogen-bond donors (Lipinski definition) is 1. The molecule has 2 fully saturated rings. The molecule has 94 valence electrons. The number of rotatable bonds is 6. The predicted molar refractivity (Wildman–Crippen MR) is 64.6 cm³/mol. The lowest BCUT2D eigenvalue weighted by atomic mass is 9.83. The molecule has 0 aromatic carbocycles. The summed E-state index contributed by atoms with van der Waals surface area (Å²) in [5.74, 6) is 0.946. The van der Waals surface area contributed by atoms with Crippen LogP contribution in [0.5, 0.6) is 0 Å². The summed E-state index contributed by atoms with van der Waals surface area (Å²) < 4.78 is 11.5. The fourth-order valence-corrected chi connectivity index (χ4v) is 2.54. The Morgan fingerprint density at radius 2 is 2.19 bits per heavy atom. The third-order valence-electron chi connectivity index (χ3n) is 3.85. The first-order valence-corrected chi connectivity index (χ1v) is 6.83. The minimum Gasteiger partial charge on any atom is -0.379 e. The first-order valence-electron chi connectivity index (χ1n) is 6.83. The van der Waals surface area contributed by atoms with Gasteiger partial charge in [-0.15, -0.1) is 0 Å². The monoisotopic (exact) mass is 227 g/mol. The van der Waals surface area contributed by atoms with Crippen molar-refractivity contribution >= 4 is 0 Å². The van der Waals surface area contributed by atoms with E-state index in [1.165, 1.54) is 25.7 Å². The van der Waals surface area contributed by atoms with Gasteiger partial charge in [-0.1, -0.05) is 26.2 Å². The quantitative estimate of drug-likeness (QED) is 0.752. The average molecular weight is 227 g/mol. The molecule has 2 unspecified atom stereocenters. The third-order valence-corrected chi connectivity index (χ3v) is 3.85. The topological polar surface area (TPSA) is 30.5 Å². The molecule has 0 spiro atoms. The van der Waals surface area contributed by atoms with Gasteiger partial charge in [-0.3, -0.25) is 0 Å². The van der Waals surface area contributed by atoms with Gasteiger partial charge in [0.1, 0.15) is 0 Å². The maximum Gasteiger partial charge on any atom is 0.0961 e. The van der Waals surface area contributed by atoms with Crippen molar-refractivity contribution in [3.05, 3.63) is 0 Å². The van der Waals surface area contributed by atoms with E-state index in [4.69, 9.17) is 9.47 Å². The van der Waals surface area contributed by atoms with Gasteiger partial charge in [-0.2, -0.15) is 0 Å². The van der Waals surface area contributed by atoms with Gasteiger partial charge in [0.15, 0.2) is 0 Å². The zero-order chi connectivity index (χ0) is 11.2. The molecule has 2 aliphatic rings. The molecular formula is C13H25NO2. The number of ether oxygens (including phenoxy) is 2. The Labute approximate surface area is 98.9 Å². The second-order valence-corrected chi connectivity index (χ2v) is 5.02. The zero-order valence-electron chi connectivity index (χ0n) is 10.4. The van der Waals surface area contributed by atoms with Crippen molar-refractivity contribution in [2.75, 3.05) is 26.4 Å². The summed E-state index contributed by atoms with van der Waals surface area (Å²) in [6.45, 7) is 5.73. The highest BCUT2D eigenvalue weighted by Gasteiger charge is 2.26. The average Bonchev–Trinajstić information content (AvgIpc) is 2.24. The minimum atomic E-state index is 0.272. The Morgan fingerprint density at radius 3 is 2.88 bits per heavy atom. The summed E-state index contributed by atoms with van der Waals surface area (Å²) >= 11 is 0. The predicted octanol–water partition coefficient (Wildman–Crippen LogP) is 1.96. The SMILES string of the molecule is CCNC1CCOCC1OCCC1CCC1. The van der Waals surface area contributed by atoms with E-state index in [0.29, 0.717) is 6.04 Å². The number of hydrogen-bond acceptors (Lipinski definition) is 3. The van der Waals surface area contributed by atoms with Crippen LogP contribution in [0.2, 0.25) is 0 Å². The van der Waals surface area contributed by atoms with E-state index in [2.05, 4.69) is 12.2 Å². The van der Waals surface area contributed by atoms with Gasteiger partial charge >= 0.3 is 0 Å². The van der Waals surface area contributed by atoms with Crippen LogP contribution in [0.25, 0.3) is 0 Å². The molecule has 0 bridgehead atoms. The highest BCUT2D eigenvalue weighted by Crippen LogP contribution is 2.29. The Balaban J connectivity index is 1.64. The van der Waals surface area contributed by atoms with Gasteiger partial charge in [-0.25, -0.2) is 0 Å². The van der Waals surface area contributed by atoms with E-state index < -0.39 is 0 Å². The highest BCUT2D eigenvalue weighted by molar-refractivity contribution is 4.80. The second kappa shape index (κ2) is 6.58. The van der Waals surface area contributed by atoms with Crippen molar-refractivity contribution in [3.8, 4) is 0 Å². The Kier molecular flexibility index (Phi) is 5.07. The van der Waals surface area contributed by atoms with E-state index in [1.807, 2.05) is 0 Å². The lowest BCUT2D eigenvalue weighted by Gasteiger charge is -2.33. The van der Waals surface area contributed by atoms with Crippen LogP contribution in [0.1, 0.15) is 39.0 Å². The van der Waals surface area contributed by atoms with Crippen LogP contribution < -0.4 is 5.32 Å². The first kappa shape index (κ1) is 12.3. The van der Waals surface area contributed by atoms with Crippen LogP contribution in [0.4, 0.5) is 0 Å². The minimum absolute atomic E-state index is 0.272. The molecule has 1 aliphatic heterocycles. The zero-order valence-corrected chi connectivity index (χ0v) is 10.4. The van der Waals surface area contributed by atoms with Crippen LogP contribution in [-0.2, 0) is 9.47 Å². The fraction of sp³-hybridized carbons (Fsp3) is 1.00. The molecule has 1 heterocycles. The first-order chi connectivity index (χ1) is 7.90. The van der Waals surface area contributed by atoms with Crippen LogP contribution in [0.3, 0.4) is 0 Å². The lowest BCUT2D eigenvalue weighted by Crippen LogP contribution is -2.48. The van der Waals surface area contributed by atoms with Crippen LogP contribution in [0, 0.1) is 5.92 Å². The summed E-state index contributed by atoms with van der Waals surface area (Å²) in [7, 11) is 0. The van der Waals surface area contributed by atoms with Gasteiger partial charge in [0.05, 0.1) is 12.7 Å². The molecule has 16 heavy (non-hydrogen) atoms. The molecule has 3 nitrogen and oxygen atoms in total. The Morgan fingerprint density at radius 1 is 1.31 bits per heavy atom. The molecule has 0 aromatic rings. The number of nitrogens with one attached hydrogen (secondary N) is 1. The molecule has 1 saturated heterocycles. The molecule has 1 N–H and O–H groups in total. The lowest BCUT2D eigenvalue weighted by molar-refractivity contribution is -0.0726. The summed E-state index contributed by atoms with van der Waals surface area (Å²) in [6, 6.07) is 0.500. The smallest absolute Gasteiger partial charge is 0.0961 e. The van der Waals surface area contributed by atoms with E-state index >= 15 is 0 Å². The van der Waals surface area contributed by atoms with Crippen molar-refractivity contribution in [2.24, 2.45) is 5.92 Å². The van der Waals surface area contributed by atoms with Gasteiger partial charge in [0.25, 0.3) is 0 Å². The highest BCUT2D eigenvalue weighted by atomic mass is 16.5. The van der Waals surface area contributed by atoms with Crippen LogP contribution >= 0.6 is 0 Å². The Bertz CT molecular complexity index is 192. The molecule has 0 aromatic heterocycles. The van der Waals surface area contributed by atoms with E-state index in [9.17, 15) is 0 Å². The molecule has 1 aliphatic carbocycles. The summed E-state index contributed by atoms with van der Waals surface area (Å²) in [5.41, 5.74) is 0. The van der Waals surface area contributed by atoms with Gasteiger partial charge in [-0.05, 0) is 25.3 Å². The normalized spacial score (nSPS) is 31.3. The van der Waals surface area contributed by atoms with E-state index in [0.717, 1.165) is 38.7 Å². The van der Waals surface area contributed by atoms with Crippen molar-refractivity contribution in [1.82, 2.24) is 5.32 Å². The molecule has 1 saturated carbocycles. The van der Waals surface area contributed by atoms with Crippen molar-refractivity contribution in [3.63, 3.8) is 0 Å². The van der Waals surface area contributed by atoms with Crippen LogP contribution in [0.15, 0.2) is 0 Å². The van der Waals surface area contributed by atoms with E-state index in [-0.39, 0.29) is 6.10 Å². The van der Waals surface area contributed by atoms with Gasteiger partial charge < -0.3 is 14.8 Å². The van der Waals surface area contributed by atoms with Crippen molar-refractivity contribution < 1.29 is 9.47 Å². The fourth-order valence-electron chi connectivity index (χ4n) is 2.54. The summed E-state index contributed by atoms with van der Waals surface area (Å²) in [6.07, 6.45) is 6.87. The molecule has 0 radical (unpaired) electrons. The summed E-state index contributed by atoms with van der Waals surface area (Å²) in [4.78, 5) is 0. The molecule has 2 rings (SSSR count). The maximum absolute atomic E-state index is 5.97.